The number of hydrogen-bond acceptors (Lipinski definition) is 2. The number of rotatable bonds is 3. The highest BCUT2D eigenvalue weighted by atomic mass is 16.2. The number of hydrogen-bond donors (Lipinski definition) is 1. The lowest BCUT2D eigenvalue weighted by Gasteiger charge is -2.26. The fraction of sp³-hybridized carbons (Fsp3) is 0.350. The van der Waals surface area contributed by atoms with E-state index in [-0.39, 0.29) is 11.9 Å². The largest absolute Gasteiger partial charge is 0.359 e. The van der Waals surface area contributed by atoms with Crippen LogP contribution in [0.2, 0.25) is 0 Å². The van der Waals surface area contributed by atoms with E-state index >= 15 is 0 Å². The van der Waals surface area contributed by atoms with Crippen LogP contribution in [0.5, 0.6) is 0 Å². The summed E-state index contributed by atoms with van der Waals surface area (Å²) in [6.45, 7) is 2.91. The van der Waals surface area contributed by atoms with Crippen LogP contribution in [0.4, 0.5) is 11.4 Å². The maximum absolute atomic E-state index is 12.7. The number of aryl methyl sites for hydroxylation is 2. The summed E-state index contributed by atoms with van der Waals surface area (Å²) in [5.41, 5.74) is 6.29. The number of nitrogens with zero attached hydrogens (tertiary/aromatic N) is 1. The molecule has 2 aromatic rings. The minimum Gasteiger partial charge on any atom is -0.359 e. The third kappa shape index (κ3) is 2.61. The van der Waals surface area contributed by atoms with Crippen molar-refractivity contribution in [2.24, 2.45) is 0 Å². The molecule has 1 amide bonds. The van der Waals surface area contributed by atoms with Crippen LogP contribution < -0.4 is 10.2 Å². The molecule has 2 aromatic carbocycles. The van der Waals surface area contributed by atoms with Crippen LogP contribution in [0, 0.1) is 0 Å². The molecule has 3 nitrogen and oxygen atoms in total. The summed E-state index contributed by atoms with van der Waals surface area (Å²) in [6.07, 6.45) is 4.55. The van der Waals surface area contributed by atoms with E-state index in [1.165, 1.54) is 35.2 Å². The first-order chi connectivity index (χ1) is 11.2. The van der Waals surface area contributed by atoms with Gasteiger partial charge in [0.25, 0.3) is 0 Å². The molecule has 1 atom stereocenters. The molecular formula is C20H22N2O. The van der Waals surface area contributed by atoms with Crippen LogP contribution in [0.3, 0.4) is 0 Å². The predicted octanol–water partition coefficient (Wildman–Crippen LogP) is 3.57. The monoisotopic (exact) mass is 306 g/mol. The molecule has 0 spiro atoms. The van der Waals surface area contributed by atoms with E-state index in [2.05, 4.69) is 40.5 Å². The Hall–Kier alpha value is -2.29. The number of carbonyl (C=O) groups is 1. The number of benzene rings is 2. The summed E-state index contributed by atoms with van der Waals surface area (Å²) in [6, 6.07) is 14.6. The average Bonchev–Trinajstić information content (AvgIpc) is 3.20. The molecule has 0 radical (unpaired) electrons. The van der Waals surface area contributed by atoms with Gasteiger partial charge in [0.2, 0.25) is 5.91 Å². The third-order valence-electron chi connectivity index (χ3n) is 5.14. The Morgan fingerprint density at radius 3 is 2.78 bits per heavy atom. The van der Waals surface area contributed by atoms with Crippen molar-refractivity contribution in [2.45, 2.75) is 38.6 Å². The molecule has 0 saturated heterocycles. The Balaban J connectivity index is 1.49. The maximum Gasteiger partial charge on any atom is 0.246 e. The van der Waals surface area contributed by atoms with Gasteiger partial charge < -0.3 is 10.2 Å². The van der Waals surface area contributed by atoms with Gasteiger partial charge in [-0.3, -0.25) is 4.79 Å². The summed E-state index contributed by atoms with van der Waals surface area (Å²) in [7, 11) is 0. The van der Waals surface area contributed by atoms with Crippen molar-refractivity contribution in [3.63, 3.8) is 0 Å². The molecular weight excluding hydrogens is 284 g/mol. The molecule has 1 aliphatic heterocycles. The van der Waals surface area contributed by atoms with Gasteiger partial charge in [0.05, 0.1) is 0 Å². The Morgan fingerprint density at radius 1 is 1.04 bits per heavy atom. The lowest BCUT2D eigenvalue weighted by molar-refractivity contribution is -0.117. The number of fused-ring (bicyclic) bond motifs is 2. The molecule has 0 aromatic heterocycles. The van der Waals surface area contributed by atoms with Crippen molar-refractivity contribution in [1.29, 1.82) is 0 Å². The molecule has 0 bridgehead atoms. The first kappa shape index (κ1) is 14.3. The van der Waals surface area contributed by atoms with E-state index < -0.39 is 0 Å². The second kappa shape index (κ2) is 5.73. The Morgan fingerprint density at radius 2 is 1.87 bits per heavy atom. The third-order valence-corrected chi connectivity index (χ3v) is 5.14. The lowest BCUT2D eigenvalue weighted by Crippen LogP contribution is -2.41. The van der Waals surface area contributed by atoms with Crippen molar-refractivity contribution in [3.8, 4) is 0 Å². The molecule has 0 fully saturated rings. The minimum absolute atomic E-state index is 0.0691. The molecule has 2 aliphatic rings. The molecule has 118 valence electrons. The van der Waals surface area contributed by atoms with Crippen molar-refractivity contribution in [2.75, 3.05) is 16.8 Å². The van der Waals surface area contributed by atoms with E-state index in [1.807, 2.05) is 19.1 Å². The zero-order valence-electron chi connectivity index (χ0n) is 13.5. The Bertz CT molecular complexity index is 753. The van der Waals surface area contributed by atoms with Gasteiger partial charge in [-0.05, 0) is 67.5 Å². The summed E-state index contributed by atoms with van der Waals surface area (Å²) >= 11 is 0. The second-order valence-electron chi connectivity index (χ2n) is 6.57. The molecule has 1 aliphatic carbocycles. The van der Waals surface area contributed by atoms with Gasteiger partial charge in [-0.15, -0.1) is 0 Å². The lowest BCUT2D eigenvalue weighted by atomic mass is 10.1. The molecule has 1 heterocycles. The number of anilines is 2. The van der Waals surface area contributed by atoms with E-state index in [0.717, 1.165) is 25.1 Å². The summed E-state index contributed by atoms with van der Waals surface area (Å²) in [5, 5.41) is 3.10. The van der Waals surface area contributed by atoms with Gasteiger partial charge in [0, 0.05) is 17.9 Å². The van der Waals surface area contributed by atoms with Crippen LogP contribution >= 0.6 is 0 Å². The van der Waals surface area contributed by atoms with Crippen LogP contribution in [0.15, 0.2) is 42.5 Å². The van der Waals surface area contributed by atoms with E-state index in [9.17, 15) is 4.79 Å². The van der Waals surface area contributed by atoms with E-state index in [4.69, 9.17) is 0 Å². The van der Waals surface area contributed by atoms with Crippen molar-refractivity contribution in [1.82, 2.24) is 0 Å². The van der Waals surface area contributed by atoms with Gasteiger partial charge in [-0.2, -0.15) is 0 Å². The van der Waals surface area contributed by atoms with Gasteiger partial charge in [-0.1, -0.05) is 24.3 Å². The van der Waals surface area contributed by atoms with Crippen molar-refractivity contribution in [3.05, 3.63) is 59.2 Å². The van der Waals surface area contributed by atoms with Crippen molar-refractivity contribution < 1.29 is 4.79 Å². The normalized spacial score (nSPS) is 16.8. The average molecular weight is 306 g/mol. The second-order valence-corrected chi connectivity index (χ2v) is 6.57. The molecule has 1 N–H and O–H groups in total. The number of amides is 1. The first-order valence-electron chi connectivity index (χ1n) is 8.49. The minimum atomic E-state index is -0.160. The van der Waals surface area contributed by atoms with E-state index in [0.29, 0.717) is 0 Å². The van der Waals surface area contributed by atoms with Gasteiger partial charge in [0.1, 0.15) is 6.04 Å². The van der Waals surface area contributed by atoms with E-state index in [1.54, 1.807) is 0 Å². The smallest absolute Gasteiger partial charge is 0.246 e. The highest BCUT2D eigenvalue weighted by Crippen LogP contribution is 2.30. The Kier molecular flexibility index (Phi) is 3.56. The standard InChI is InChI=1S/C20H22N2O/c1-14(22-12-11-16-5-2-3-8-19(16)22)20(23)21-18-10-9-15-6-4-7-17(15)13-18/h2-3,5,8-10,13-14H,4,6-7,11-12H2,1H3,(H,21,23)/t14-/m1/s1. The maximum atomic E-state index is 12.7. The molecule has 4 rings (SSSR count). The van der Waals surface area contributed by atoms with Crippen LogP contribution in [0.1, 0.15) is 30.0 Å². The van der Waals surface area contributed by atoms with Crippen LogP contribution in [0.25, 0.3) is 0 Å². The molecule has 23 heavy (non-hydrogen) atoms. The van der Waals surface area contributed by atoms with Crippen LogP contribution in [-0.4, -0.2) is 18.5 Å². The Labute approximate surface area is 137 Å². The fourth-order valence-corrected chi connectivity index (χ4v) is 3.80. The number of carbonyl (C=O) groups excluding carboxylic acids is 1. The quantitative estimate of drug-likeness (QED) is 0.940. The number of nitrogens with one attached hydrogen (secondary N) is 1. The highest BCUT2D eigenvalue weighted by molar-refractivity contribution is 5.97. The molecule has 3 heteroatoms. The highest BCUT2D eigenvalue weighted by Gasteiger charge is 2.27. The fourth-order valence-electron chi connectivity index (χ4n) is 3.80. The van der Waals surface area contributed by atoms with Gasteiger partial charge in [-0.25, -0.2) is 0 Å². The topological polar surface area (TPSA) is 32.3 Å². The molecule has 0 saturated carbocycles. The van der Waals surface area contributed by atoms with Gasteiger partial charge in [0.15, 0.2) is 0 Å². The zero-order chi connectivity index (χ0) is 15.8. The van der Waals surface area contributed by atoms with Gasteiger partial charge >= 0.3 is 0 Å². The predicted molar refractivity (Wildman–Crippen MR) is 94.1 cm³/mol. The SMILES string of the molecule is C[C@H](C(=O)Nc1ccc2c(c1)CCC2)N1CCc2ccccc21. The summed E-state index contributed by atoms with van der Waals surface area (Å²) in [4.78, 5) is 14.9. The van der Waals surface area contributed by atoms with Crippen LogP contribution in [-0.2, 0) is 24.1 Å². The number of para-hydroxylation sites is 1. The summed E-state index contributed by atoms with van der Waals surface area (Å²) < 4.78 is 0. The zero-order valence-corrected chi connectivity index (χ0v) is 13.5. The first-order valence-corrected chi connectivity index (χ1v) is 8.49. The molecule has 0 unspecified atom stereocenters. The summed E-state index contributed by atoms with van der Waals surface area (Å²) in [5.74, 6) is 0.0691. The van der Waals surface area contributed by atoms with Crippen molar-refractivity contribution >= 4 is 17.3 Å².